The number of hydrogen-bond acceptors (Lipinski definition) is 6. The van der Waals surface area contributed by atoms with Crippen LogP contribution in [0.3, 0.4) is 0 Å². The number of anilines is 1. The predicted molar refractivity (Wildman–Crippen MR) is 98.6 cm³/mol. The molecule has 0 aliphatic rings. The SMILES string of the molecule is COC(=O)C(CCSC)NC(=O)c1ccc(NCc2c[nH]cn2)cc1. The standard InChI is InChI=1S/C17H22N4O3S/c1-24-17(23)15(7-8-25-2)21-16(22)12-3-5-13(6-4-12)19-10-14-9-18-11-20-14/h3-6,9,11,15,19H,7-8,10H2,1-2H3,(H,18,20)(H,21,22). The molecule has 0 spiro atoms. The number of aromatic nitrogens is 2. The molecule has 1 aromatic heterocycles. The second-order valence-corrected chi connectivity index (χ2v) is 6.31. The Hall–Kier alpha value is -2.48. The fourth-order valence-electron chi connectivity index (χ4n) is 2.19. The molecule has 0 aliphatic carbocycles. The van der Waals surface area contributed by atoms with Gasteiger partial charge in [0.25, 0.3) is 5.91 Å². The summed E-state index contributed by atoms with van der Waals surface area (Å²) in [6, 6.07) is 6.42. The Balaban J connectivity index is 1.92. The molecule has 1 atom stereocenters. The summed E-state index contributed by atoms with van der Waals surface area (Å²) in [5.41, 5.74) is 2.27. The zero-order valence-electron chi connectivity index (χ0n) is 14.2. The minimum absolute atomic E-state index is 0.296. The van der Waals surface area contributed by atoms with Crippen molar-refractivity contribution in [2.24, 2.45) is 0 Å². The highest BCUT2D eigenvalue weighted by Gasteiger charge is 2.21. The number of methoxy groups -OCH3 is 1. The van der Waals surface area contributed by atoms with Crippen molar-refractivity contribution < 1.29 is 14.3 Å². The topological polar surface area (TPSA) is 96.1 Å². The van der Waals surface area contributed by atoms with E-state index in [1.807, 2.05) is 24.6 Å². The van der Waals surface area contributed by atoms with Crippen LogP contribution >= 0.6 is 11.8 Å². The number of thioether (sulfide) groups is 1. The van der Waals surface area contributed by atoms with Crippen LogP contribution in [0.2, 0.25) is 0 Å². The zero-order valence-corrected chi connectivity index (χ0v) is 15.1. The van der Waals surface area contributed by atoms with Gasteiger partial charge in [0, 0.05) is 17.4 Å². The lowest BCUT2D eigenvalue weighted by Crippen LogP contribution is -2.41. The third-order valence-corrected chi connectivity index (χ3v) is 4.22. The Morgan fingerprint density at radius 2 is 2.08 bits per heavy atom. The van der Waals surface area contributed by atoms with E-state index in [1.54, 1.807) is 30.2 Å². The first kappa shape index (κ1) is 18.9. The minimum Gasteiger partial charge on any atom is -0.467 e. The molecule has 0 aliphatic heterocycles. The maximum atomic E-state index is 12.3. The molecule has 0 saturated carbocycles. The Bertz CT molecular complexity index is 674. The van der Waals surface area contributed by atoms with Crippen LogP contribution in [0.1, 0.15) is 22.5 Å². The van der Waals surface area contributed by atoms with Crippen LogP contribution in [-0.2, 0) is 16.1 Å². The Morgan fingerprint density at radius 1 is 1.32 bits per heavy atom. The number of amides is 1. The number of rotatable bonds is 9. The summed E-state index contributed by atoms with van der Waals surface area (Å²) in [5, 5.41) is 5.95. The Kier molecular flexibility index (Phi) is 7.34. The first-order valence-corrected chi connectivity index (χ1v) is 9.22. The maximum absolute atomic E-state index is 12.3. The van der Waals surface area contributed by atoms with Gasteiger partial charge < -0.3 is 20.4 Å². The molecule has 3 N–H and O–H groups in total. The number of H-pyrrole nitrogens is 1. The summed E-state index contributed by atoms with van der Waals surface area (Å²) in [4.78, 5) is 31.1. The molecule has 1 heterocycles. The average molecular weight is 362 g/mol. The van der Waals surface area contributed by atoms with E-state index in [0.29, 0.717) is 18.5 Å². The second-order valence-electron chi connectivity index (χ2n) is 5.32. The van der Waals surface area contributed by atoms with Crippen LogP contribution < -0.4 is 10.6 Å². The fraction of sp³-hybridized carbons (Fsp3) is 0.353. The van der Waals surface area contributed by atoms with E-state index in [-0.39, 0.29) is 5.91 Å². The lowest BCUT2D eigenvalue weighted by atomic mass is 10.1. The van der Waals surface area contributed by atoms with Crippen LogP contribution in [-0.4, -0.2) is 47.0 Å². The molecule has 134 valence electrons. The van der Waals surface area contributed by atoms with E-state index < -0.39 is 12.0 Å². The summed E-state index contributed by atoms with van der Waals surface area (Å²) in [6.45, 7) is 0.591. The first-order valence-electron chi connectivity index (χ1n) is 7.83. The van der Waals surface area contributed by atoms with Gasteiger partial charge in [0.1, 0.15) is 6.04 Å². The highest BCUT2D eigenvalue weighted by molar-refractivity contribution is 7.98. The van der Waals surface area contributed by atoms with Gasteiger partial charge in [-0.3, -0.25) is 4.79 Å². The first-order chi connectivity index (χ1) is 12.1. The molecule has 1 unspecified atom stereocenters. The molecule has 2 rings (SSSR count). The second kappa shape index (κ2) is 9.73. The Labute approximate surface area is 150 Å². The lowest BCUT2D eigenvalue weighted by molar-refractivity contribution is -0.142. The molecule has 0 radical (unpaired) electrons. The van der Waals surface area contributed by atoms with Gasteiger partial charge >= 0.3 is 5.97 Å². The van der Waals surface area contributed by atoms with Crippen molar-refractivity contribution >= 4 is 29.3 Å². The molecule has 0 bridgehead atoms. The number of imidazole rings is 1. The molecule has 8 heteroatoms. The zero-order chi connectivity index (χ0) is 18.1. The number of aromatic amines is 1. The number of nitrogens with zero attached hydrogens (tertiary/aromatic N) is 1. The molecule has 0 fully saturated rings. The number of carbonyl (C=O) groups is 2. The fourth-order valence-corrected chi connectivity index (χ4v) is 2.66. The van der Waals surface area contributed by atoms with Gasteiger partial charge in [-0.25, -0.2) is 9.78 Å². The van der Waals surface area contributed by atoms with E-state index in [9.17, 15) is 9.59 Å². The largest absolute Gasteiger partial charge is 0.467 e. The Morgan fingerprint density at radius 3 is 2.68 bits per heavy atom. The minimum atomic E-state index is -0.637. The highest BCUT2D eigenvalue weighted by Crippen LogP contribution is 2.11. The van der Waals surface area contributed by atoms with Gasteiger partial charge in [0.15, 0.2) is 0 Å². The third-order valence-electron chi connectivity index (χ3n) is 3.58. The van der Waals surface area contributed by atoms with Crippen molar-refractivity contribution in [3.63, 3.8) is 0 Å². The van der Waals surface area contributed by atoms with Crippen molar-refractivity contribution in [3.8, 4) is 0 Å². The third kappa shape index (κ3) is 5.82. The number of ether oxygens (including phenoxy) is 1. The van der Waals surface area contributed by atoms with Crippen molar-refractivity contribution in [2.75, 3.05) is 24.4 Å². The molecular weight excluding hydrogens is 340 g/mol. The lowest BCUT2D eigenvalue weighted by Gasteiger charge is -2.16. The monoisotopic (exact) mass is 362 g/mol. The van der Waals surface area contributed by atoms with Crippen LogP contribution in [0, 0.1) is 0 Å². The number of esters is 1. The highest BCUT2D eigenvalue weighted by atomic mass is 32.2. The van der Waals surface area contributed by atoms with Gasteiger partial charge in [-0.05, 0) is 42.7 Å². The molecule has 0 saturated heterocycles. The maximum Gasteiger partial charge on any atom is 0.328 e. The average Bonchev–Trinajstić information content (AvgIpc) is 3.16. The van der Waals surface area contributed by atoms with Gasteiger partial charge in [-0.15, -0.1) is 0 Å². The summed E-state index contributed by atoms with van der Waals surface area (Å²) >= 11 is 1.61. The van der Waals surface area contributed by atoms with E-state index in [2.05, 4.69) is 20.6 Å². The van der Waals surface area contributed by atoms with Gasteiger partial charge in [0.05, 0.1) is 25.7 Å². The predicted octanol–water partition coefficient (Wildman–Crippen LogP) is 2.05. The van der Waals surface area contributed by atoms with Crippen molar-refractivity contribution in [1.82, 2.24) is 15.3 Å². The smallest absolute Gasteiger partial charge is 0.328 e. The van der Waals surface area contributed by atoms with Gasteiger partial charge in [-0.2, -0.15) is 11.8 Å². The molecule has 25 heavy (non-hydrogen) atoms. The molecule has 7 nitrogen and oxygen atoms in total. The van der Waals surface area contributed by atoms with E-state index >= 15 is 0 Å². The van der Waals surface area contributed by atoms with Crippen molar-refractivity contribution in [2.45, 2.75) is 19.0 Å². The molecule has 1 amide bonds. The quantitative estimate of drug-likeness (QED) is 0.591. The normalized spacial score (nSPS) is 11.6. The van der Waals surface area contributed by atoms with E-state index in [0.717, 1.165) is 17.1 Å². The van der Waals surface area contributed by atoms with Gasteiger partial charge in [0.2, 0.25) is 0 Å². The van der Waals surface area contributed by atoms with Crippen LogP contribution in [0.4, 0.5) is 5.69 Å². The van der Waals surface area contributed by atoms with Crippen molar-refractivity contribution in [1.29, 1.82) is 0 Å². The van der Waals surface area contributed by atoms with Crippen LogP contribution in [0.5, 0.6) is 0 Å². The number of carbonyl (C=O) groups excluding carboxylic acids is 2. The van der Waals surface area contributed by atoms with Crippen LogP contribution in [0.15, 0.2) is 36.8 Å². The number of benzene rings is 1. The molecular formula is C17H22N4O3S. The summed E-state index contributed by atoms with van der Waals surface area (Å²) < 4.78 is 4.75. The van der Waals surface area contributed by atoms with Crippen molar-refractivity contribution in [3.05, 3.63) is 48.0 Å². The summed E-state index contributed by atoms with van der Waals surface area (Å²) in [6.07, 6.45) is 5.92. The summed E-state index contributed by atoms with van der Waals surface area (Å²) in [5.74, 6) is 0.0332. The van der Waals surface area contributed by atoms with E-state index in [1.165, 1.54) is 7.11 Å². The summed E-state index contributed by atoms with van der Waals surface area (Å²) in [7, 11) is 1.32. The number of hydrogen-bond donors (Lipinski definition) is 3. The van der Waals surface area contributed by atoms with Gasteiger partial charge in [-0.1, -0.05) is 0 Å². The van der Waals surface area contributed by atoms with Crippen LogP contribution in [0.25, 0.3) is 0 Å². The molecule has 2 aromatic rings. The molecule has 1 aromatic carbocycles. The number of nitrogens with one attached hydrogen (secondary N) is 3. The van der Waals surface area contributed by atoms with E-state index in [4.69, 9.17) is 4.74 Å².